The molecule has 1 aliphatic carbocycles. The Morgan fingerprint density at radius 1 is 1.35 bits per heavy atom. The van der Waals surface area contributed by atoms with Gasteiger partial charge in [-0.25, -0.2) is 0 Å². The fraction of sp³-hybridized carbons (Fsp3) is 0.588. The zero-order chi connectivity index (χ0) is 17.1. The van der Waals surface area contributed by atoms with Crippen LogP contribution in [0.3, 0.4) is 0 Å². The number of nitrogens with two attached hydrogens (primary N) is 1. The summed E-state index contributed by atoms with van der Waals surface area (Å²) in [5.41, 5.74) is 5.09. The van der Waals surface area contributed by atoms with E-state index in [2.05, 4.69) is 5.32 Å². The van der Waals surface area contributed by atoms with Gasteiger partial charge < -0.3 is 11.1 Å². The van der Waals surface area contributed by atoms with Crippen LogP contribution >= 0.6 is 0 Å². The molecule has 1 amide bonds. The maximum atomic E-state index is 13.0. The molecule has 23 heavy (non-hydrogen) atoms. The van der Waals surface area contributed by atoms with Gasteiger partial charge in [0.2, 0.25) is 5.91 Å². The summed E-state index contributed by atoms with van der Waals surface area (Å²) in [5, 5.41) is 2.87. The molecule has 1 fully saturated rings. The van der Waals surface area contributed by atoms with Gasteiger partial charge in [-0.1, -0.05) is 38.0 Å². The zero-order valence-electron chi connectivity index (χ0n) is 13.2. The fourth-order valence-corrected chi connectivity index (χ4v) is 3.18. The van der Waals surface area contributed by atoms with E-state index in [1.807, 2.05) is 0 Å². The van der Waals surface area contributed by atoms with Crippen molar-refractivity contribution in [2.75, 3.05) is 13.1 Å². The molecule has 0 heterocycles. The number of nitrogens with one attached hydrogen (secondary N) is 1. The minimum Gasteiger partial charge on any atom is -0.355 e. The number of amides is 1. The third kappa shape index (κ3) is 4.05. The maximum absolute atomic E-state index is 13.0. The van der Waals surface area contributed by atoms with Crippen LogP contribution in [0.2, 0.25) is 0 Å². The summed E-state index contributed by atoms with van der Waals surface area (Å²) in [7, 11) is 0. The van der Waals surface area contributed by atoms with Gasteiger partial charge in [0.05, 0.1) is 5.56 Å². The number of halogens is 3. The van der Waals surface area contributed by atoms with Gasteiger partial charge in [-0.3, -0.25) is 4.79 Å². The van der Waals surface area contributed by atoms with Crippen molar-refractivity contribution in [2.45, 2.75) is 44.2 Å². The van der Waals surface area contributed by atoms with E-state index in [1.54, 1.807) is 13.0 Å². The minimum atomic E-state index is -4.35. The lowest BCUT2D eigenvalue weighted by atomic mass is 9.78. The highest BCUT2D eigenvalue weighted by Crippen LogP contribution is 2.42. The van der Waals surface area contributed by atoms with E-state index >= 15 is 0 Å². The fourth-order valence-electron chi connectivity index (χ4n) is 3.18. The lowest BCUT2D eigenvalue weighted by Crippen LogP contribution is -2.42. The molecule has 1 saturated carbocycles. The summed E-state index contributed by atoms with van der Waals surface area (Å²) in [6.07, 6.45) is -0.874. The van der Waals surface area contributed by atoms with Crippen molar-refractivity contribution in [2.24, 2.45) is 11.7 Å². The van der Waals surface area contributed by atoms with Crippen molar-refractivity contribution < 1.29 is 18.0 Å². The van der Waals surface area contributed by atoms with Crippen molar-refractivity contribution in [1.29, 1.82) is 0 Å². The maximum Gasteiger partial charge on any atom is 0.416 e. The third-order valence-electron chi connectivity index (χ3n) is 4.77. The quantitative estimate of drug-likeness (QED) is 0.872. The molecule has 2 rings (SSSR count). The van der Waals surface area contributed by atoms with Crippen LogP contribution in [0, 0.1) is 5.92 Å². The van der Waals surface area contributed by atoms with Crippen molar-refractivity contribution in [3.63, 3.8) is 0 Å². The van der Waals surface area contributed by atoms with Crippen molar-refractivity contribution in [1.82, 2.24) is 5.32 Å². The Labute approximate surface area is 134 Å². The molecular formula is C17H23F3N2O. The van der Waals surface area contributed by atoms with Crippen LogP contribution in [0.5, 0.6) is 0 Å². The molecule has 0 aliphatic heterocycles. The predicted octanol–water partition coefficient (Wildman–Crippen LogP) is 3.23. The largest absolute Gasteiger partial charge is 0.416 e. The summed E-state index contributed by atoms with van der Waals surface area (Å²) in [5.74, 6) is -0.444. The Balaban J connectivity index is 2.22. The minimum absolute atomic E-state index is 0.147. The molecule has 0 spiro atoms. The van der Waals surface area contributed by atoms with Gasteiger partial charge >= 0.3 is 6.18 Å². The number of benzene rings is 1. The third-order valence-corrected chi connectivity index (χ3v) is 4.77. The van der Waals surface area contributed by atoms with Crippen molar-refractivity contribution in [3.8, 4) is 0 Å². The smallest absolute Gasteiger partial charge is 0.355 e. The highest BCUT2D eigenvalue weighted by molar-refractivity contribution is 5.78. The molecule has 0 radical (unpaired) electrons. The van der Waals surface area contributed by atoms with E-state index in [0.29, 0.717) is 12.1 Å². The highest BCUT2D eigenvalue weighted by Gasteiger charge is 2.38. The molecule has 6 heteroatoms. The first-order chi connectivity index (χ1) is 10.8. The molecule has 3 N–H and O–H groups in total. The average molecular weight is 328 g/mol. The Morgan fingerprint density at radius 2 is 2.00 bits per heavy atom. The number of hydrogen-bond acceptors (Lipinski definition) is 2. The second-order valence-corrected chi connectivity index (χ2v) is 6.42. The predicted molar refractivity (Wildman–Crippen MR) is 82.8 cm³/mol. The molecule has 3 nitrogen and oxygen atoms in total. The Hall–Kier alpha value is -1.56. The molecule has 1 atom stereocenters. The van der Waals surface area contributed by atoms with Gasteiger partial charge in [0.25, 0.3) is 0 Å². The Morgan fingerprint density at radius 3 is 2.57 bits per heavy atom. The summed E-state index contributed by atoms with van der Waals surface area (Å²) in [4.78, 5) is 12.0. The van der Waals surface area contributed by atoms with E-state index < -0.39 is 17.2 Å². The van der Waals surface area contributed by atoms with Gasteiger partial charge in [0.15, 0.2) is 0 Å². The highest BCUT2D eigenvalue weighted by atomic mass is 19.4. The van der Waals surface area contributed by atoms with Crippen LogP contribution in [-0.2, 0) is 16.4 Å². The second kappa shape index (κ2) is 6.91. The number of rotatable bonds is 5. The van der Waals surface area contributed by atoms with E-state index in [0.717, 1.165) is 31.7 Å². The molecule has 1 aromatic carbocycles. The molecule has 1 aromatic rings. The zero-order valence-corrected chi connectivity index (χ0v) is 13.2. The first-order valence-electron chi connectivity index (χ1n) is 7.94. The van der Waals surface area contributed by atoms with Crippen LogP contribution in [0.1, 0.15) is 43.7 Å². The molecule has 0 saturated heterocycles. The topological polar surface area (TPSA) is 55.1 Å². The summed E-state index contributed by atoms with van der Waals surface area (Å²) >= 11 is 0. The summed E-state index contributed by atoms with van der Waals surface area (Å²) < 4.78 is 38.9. The first-order valence-corrected chi connectivity index (χ1v) is 7.94. The average Bonchev–Trinajstić information content (AvgIpc) is 3.01. The monoisotopic (exact) mass is 328 g/mol. The number of hydrogen-bond donors (Lipinski definition) is 2. The van der Waals surface area contributed by atoms with E-state index in [4.69, 9.17) is 5.73 Å². The van der Waals surface area contributed by atoms with Crippen molar-refractivity contribution >= 4 is 5.91 Å². The SMILES string of the molecule is CC(CN)C(=O)NCC1(c2cccc(C(F)(F)F)c2)CCCC1. The Bertz CT molecular complexity index is 551. The first kappa shape index (κ1) is 17.8. The molecule has 0 bridgehead atoms. The van der Waals surface area contributed by atoms with E-state index in [-0.39, 0.29) is 18.4 Å². The summed E-state index contributed by atoms with van der Waals surface area (Å²) in [6.45, 7) is 2.35. The van der Waals surface area contributed by atoms with Gasteiger partial charge in [-0.15, -0.1) is 0 Å². The second-order valence-electron chi connectivity index (χ2n) is 6.42. The van der Waals surface area contributed by atoms with Gasteiger partial charge in [-0.05, 0) is 24.5 Å². The number of carbonyl (C=O) groups is 1. The lowest BCUT2D eigenvalue weighted by molar-refractivity contribution is -0.137. The van der Waals surface area contributed by atoms with Crippen LogP contribution in [0.15, 0.2) is 24.3 Å². The summed E-state index contributed by atoms with van der Waals surface area (Å²) in [6, 6.07) is 5.49. The van der Waals surface area contributed by atoms with E-state index in [1.165, 1.54) is 12.1 Å². The lowest BCUT2D eigenvalue weighted by Gasteiger charge is -2.31. The van der Waals surface area contributed by atoms with Crippen molar-refractivity contribution in [3.05, 3.63) is 35.4 Å². The van der Waals surface area contributed by atoms with E-state index in [9.17, 15) is 18.0 Å². The van der Waals surface area contributed by atoms with Gasteiger partial charge in [-0.2, -0.15) is 13.2 Å². The molecular weight excluding hydrogens is 305 g/mol. The molecule has 1 aliphatic rings. The van der Waals surface area contributed by atoms with Crippen LogP contribution in [0.25, 0.3) is 0 Å². The van der Waals surface area contributed by atoms with Crippen LogP contribution in [0.4, 0.5) is 13.2 Å². The molecule has 0 aromatic heterocycles. The van der Waals surface area contributed by atoms with Gasteiger partial charge in [0.1, 0.15) is 0 Å². The van der Waals surface area contributed by atoms with Crippen LogP contribution < -0.4 is 11.1 Å². The van der Waals surface area contributed by atoms with Crippen LogP contribution in [-0.4, -0.2) is 19.0 Å². The van der Waals surface area contributed by atoms with Gasteiger partial charge in [0, 0.05) is 24.4 Å². The Kier molecular flexibility index (Phi) is 5.34. The number of carbonyl (C=O) groups excluding carboxylic acids is 1. The standard InChI is InChI=1S/C17H23F3N2O/c1-12(10-21)15(23)22-11-16(7-2-3-8-16)13-5-4-6-14(9-13)17(18,19)20/h4-6,9,12H,2-3,7-8,10-11,21H2,1H3,(H,22,23). The normalized spacial score (nSPS) is 18.7. The molecule has 128 valence electrons. The number of alkyl halides is 3. The molecule has 1 unspecified atom stereocenters.